The van der Waals surface area contributed by atoms with Crippen molar-refractivity contribution in [2.45, 2.75) is 13.8 Å². The van der Waals surface area contributed by atoms with E-state index in [1.54, 1.807) is 11.0 Å². The van der Waals surface area contributed by atoms with E-state index in [4.69, 9.17) is 11.5 Å². The zero-order valence-corrected chi connectivity index (χ0v) is 11.0. The summed E-state index contributed by atoms with van der Waals surface area (Å²) in [6.07, 6.45) is 0. The maximum absolute atomic E-state index is 11.1. The Bertz CT molecular complexity index is 488. The number of anilines is 2. The number of nitrogen functional groups attached to an aromatic ring is 1. The second-order valence-electron chi connectivity index (χ2n) is 4.74. The van der Waals surface area contributed by atoms with Gasteiger partial charge in [-0.25, -0.2) is 0 Å². The van der Waals surface area contributed by atoms with Crippen molar-refractivity contribution in [1.82, 2.24) is 0 Å². The second kappa shape index (κ2) is 6.03. The van der Waals surface area contributed by atoms with Crippen LogP contribution >= 0.6 is 0 Å². The van der Waals surface area contributed by atoms with Gasteiger partial charge in [-0.3, -0.25) is 14.9 Å². The minimum absolute atomic E-state index is 0.0280. The number of rotatable bonds is 6. The summed E-state index contributed by atoms with van der Waals surface area (Å²) < 4.78 is 0. The topological polar surface area (TPSA) is 115 Å². The lowest BCUT2D eigenvalue weighted by Crippen LogP contribution is -2.36. The number of carbonyl (C=O) groups is 1. The second-order valence-corrected chi connectivity index (χ2v) is 4.74. The maximum atomic E-state index is 11.1. The number of amides is 1. The van der Waals surface area contributed by atoms with Crippen LogP contribution in [0.4, 0.5) is 17.1 Å². The van der Waals surface area contributed by atoms with Crippen molar-refractivity contribution in [3.8, 4) is 0 Å². The first-order valence-corrected chi connectivity index (χ1v) is 5.88. The van der Waals surface area contributed by atoms with Crippen molar-refractivity contribution in [1.29, 1.82) is 0 Å². The van der Waals surface area contributed by atoms with Gasteiger partial charge in [0.2, 0.25) is 5.91 Å². The molecule has 0 saturated heterocycles. The van der Waals surface area contributed by atoms with Crippen molar-refractivity contribution in [3.63, 3.8) is 0 Å². The molecule has 7 heteroatoms. The Labute approximate surface area is 111 Å². The molecule has 1 aromatic carbocycles. The van der Waals surface area contributed by atoms with Gasteiger partial charge >= 0.3 is 0 Å². The van der Waals surface area contributed by atoms with Crippen LogP contribution in [0, 0.1) is 16.0 Å². The number of nitrogens with zero attached hydrogens (tertiary/aromatic N) is 2. The van der Waals surface area contributed by atoms with E-state index in [1.807, 2.05) is 13.8 Å². The van der Waals surface area contributed by atoms with Crippen LogP contribution in [0.2, 0.25) is 0 Å². The zero-order valence-electron chi connectivity index (χ0n) is 11.0. The summed E-state index contributed by atoms with van der Waals surface area (Å²) in [6.45, 7) is 4.61. The minimum Gasteiger partial charge on any atom is -0.397 e. The van der Waals surface area contributed by atoms with Crippen LogP contribution in [0.15, 0.2) is 18.2 Å². The van der Waals surface area contributed by atoms with Crippen molar-refractivity contribution < 1.29 is 9.72 Å². The summed E-state index contributed by atoms with van der Waals surface area (Å²) >= 11 is 0. The third-order valence-electron chi connectivity index (χ3n) is 2.49. The van der Waals surface area contributed by atoms with E-state index in [0.29, 0.717) is 18.2 Å². The zero-order chi connectivity index (χ0) is 14.6. The van der Waals surface area contributed by atoms with Gasteiger partial charge in [0.25, 0.3) is 5.69 Å². The molecule has 0 unspecified atom stereocenters. The van der Waals surface area contributed by atoms with Gasteiger partial charge in [0, 0.05) is 18.7 Å². The normalized spacial score (nSPS) is 10.5. The summed E-state index contributed by atoms with van der Waals surface area (Å²) in [5, 5.41) is 10.7. The van der Waals surface area contributed by atoms with Gasteiger partial charge in [0.05, 0.1) is 22.8 Å². The van der Waals surface area contributed by atoms with E-state index in [0.717, 1.165) is 0 Å². The van der Waals surface area contributed by atoms with Crippen molar-refractivity contribution in [2.24, 2.45) is 11.7 Å². The van der Waals surface area contributed by atoms with E-state index in [1.165, 1.54) is 12.1 Å². The number of nitro benzene ring substituents is 1. The Morgan fingerprint density at radius 3 is 2.53 bits per heavy atom. The van der Waals surface area contributed by atoms with Gasteiger partial charge in [0.15, 0.2) is 0 Å². The fourth-order valence-corrected chi connectivity index (χ4v) is 1.82. The van der Waals surface area contributed by atoms with Crippen LogP contribution in [-0.4, -0.2) is 23.9 Å². The lowest BCUT2D eigenvalue weighted by Gasteiger charge is -2.26. The molecule has 0 atom stereocenters. The molecule has 1 aromatic rings. The molecule has 0 aliphatic heterocycles. The molecule has 0 aliphatic carbocycles. The van der Waals surface area contributed by atoms with Crippen molar-refractivity contribution in [2.75, 3.05) is 23.7 Å². The molecule has 0 fully saturated rings. The van der Waals surface area contributed by atoms with Crippen LogP contribution < -0.4 is 16.4 Å². The van der Waals surface area contributed by atoms with Crippen LogP contribution in [-0.2, 0) is 4.79 Å². The number of non-ortho nitro benzene ring substituents is 1. The maximum Gasteiger partial charge on any atom is 0.271 e. The first kappa shape index (κ1) is 14.7. The van der Waals surface area contributed by atoms with Crippen LogP contribution in [0.3, 0.4) is 0 Å². The predicted octanol–water partition coefficient (Wildman–Crippen LogP) is 1.12. The third kappa shape index (κ3) is 4.13. The van der Waals surface area contributed by atoms with E-state index < -0.39 is 10.8 Å². The van der Waals surface area contributed by atoms with Gasteiger partial charge in [-0.15, -0.1) is 0 Å². The Hall–Kier alpha value is -2.31. The summed E-state index contributed by atoms with van der Waals surface area (Å²) in [4.78, 5) is 22.9. The summed E-state index contributed by atoms with van der Waals surface area (Å²) in [5.74, 6) is -0.174. The standard InChI is InChI=1S/C12H18N4O3/c1-8(2)6-15(7-12(14)17)11-4-3-9(16(18)19)5-10(11)13/h3-5,8H,6-7,13H2,1-2H3,(H2,14,17). The third-order valence-corrected chi connectivity index (χ3v) is 2.49. The number of hydrogen-bond acceptors (Lipinski definition) is 5. The highest BCUT2D eigenvalue weighted by atomic mass is 16.6. The molecule has 0 aliphatic rings. The van der Waals surface area contributed by atoms with Crippen LogP contribution in [0.5, 0.6) is 0 Å². The molecule has 104 valence electrons. The van der Waals surface area contributed by atoms with Gasteiger partial charge in [-0.2, -0.15) is 0 Å². The number of carbonyl (C=O) groups excluding carboxylic acids is 1. The number of benzene rings is 1. The molecule has 0 saturated carbocycles. The first-order valence-electron chi connectivity index (χ1n) is 5.88. The van der Waals surface area contributed by atoms with Crippen LogP contribution in [0.1, 0.15) is 13.8 Å². The van der Waals surface area contributed by atoms with E-state index in [2.05, 4.69) is 0 Å². The lowest BCUT2D eigenvalue weighted by molar-refractivity contribution is -0.384. The highest BCUT2D eigenvalue weighted by Gasteiger charge is 2.16. The van der Waals surface area contributed by atoms with E-state index in [9.17, 15) is 14.9 Å². The molecular weight excluding hydrogens is 248 g/mol. The number of primary amides is 1. The predicted molar refractivity (Wildman–Crippen MR) is 73.8 cm³/mol. The highest BCUT2D eigenvalue weighted by molar-refractivity contribution is 5.82. The van der Waals surface area contributed by atoms with Crippen molar-refractivity contribution in [3.05, 3.63) is 28.3 Å². The summed E-state index contributed by atoms with van der Waals surface area (Å²) in [7, 11) is 0. The Morgan fingerprint density at radius 2 is 2.11 bits per heavy atom. The highest BCUT2D eigenvalue weighted by Crippen LogP contribution is 2.28. The van der Waals surface area contributed by atoms with Gasteiger partial charge in [-0.05, 0) is 12.0 Å². The summed E-state index contributed by atoms with van der Waals surface area (Å²) in [6, 6.07) is 4.18. The Morgan fingerprint density at radius 1 is 1.47 bits per heavy atom. The quantitative estimate of drug-likeness (QED) is 0.455. The largest absolute Gasteiger partial charge is 0.397 e. The smallest absolute Gasteiger partial charge is 0.271 e. The molecule has 0 heterocycles. The van der Waals surface area contributed by atoms with E-state index >= 15 is 0 Å². The molecule has 0 spiro atoms. The fraction of sp³-hybridized carbons (Fsp3) is 0.417. The molecule has 0 bridgehead atoms. The summed E-state index contributed by atoms with van der Waals surface area (Å²) in [5.41, 5.74) is 11.8. The molecule has 19 heavy (non-hydrogen) atoms. The molecular formula is C12H18N4O3. The average Bonchev–Trinajstić information content (AvgIpc) is 2.26. The number of nitro groups is 1. The van der Waals surface area contributed by atoms with Gasteiger partial charge in [-0.1, -0.05) is 13.8 Å². The molecule has 0 radical (unpaired) electrons. The molecule has 7 nitrogen and oxygen atoms in total. The minimum atomic E-state index is -0.513. The monoisotopic (exact) mass is 266 g/mol. The van der Waals surface area contributed by atoms with Crippen LogP contribution in [0.25, 0.3) is 0 Å². The lowest BCUT2D eigenvalue weighted by atomic mass is 10.1. The molecule has 4 N–H and O–H groups in total. The molecule has 1 rings (SSSR count). The number of nitrogens with two attached hydrogens (primary N) is 2. The number of hydrogen-bond donors (Lipinski definition) is 2. The molecule has 1 amide bonds. The fourth-order valence-electron chi connectivity index (χ4n) is 1.82. The Balaban J connectivity index is 3.07. The SMILES string of the molecule is CC(C)CN(CC(N)=O)c1ccc([N+](=O)[O-])cc1N. The van der Waals surface area contributed by atoms with E-state index in [-0.39, 0.29) is 17.9 Å². The van der Waals surface area contributed by atoms with Gasteiger partial charge in [0.1, 0.15) is 0 Å². The first-order chi connectivity index (χ1) is 8.81. The van der Waals surface area contributed by atoms with Gasteiger partial charge < -0.3 is 16.4 Å². The molecule has 0 aromatic heterocycles. The average molecular weight is 266 g/mol. The Kier molecular flexibility index (Phi) is 4.68. The van der Waals surface area contributed by atoms with Crippen molar-refractivity contribution >= 4 is 23.0 Å².